The highest BCUT2D eigenvalue weighted by atomic mass is 32.2. The molecule has 1 amide bonds. The molecule has 1 aromatic heterocycles. The minimum Gasteiger partial charge on any atom is -0.494 e. The summed E-state index contributed by atoms with van der Waals surface area (Å²) in [5.74, 6) is 2.15. The van der Waals surface area contributed by atoms with Crippen LogP contribution >= 0.6 is 11.8 Å². The second-order valence-electron chi connectivity index (χ2n) is 6.06. The number of aromatic nitrogens is 1. The highest BCUT2D eigenvalue weighted by Crippen LogP contribution is 2.19. The Hall–Kier alpha value is -2.68. The molecule has 0 saturated heterocycles. The van der Waals surface area contributed by atoms with Crippen molar-refractivity contribution in [3.8, 4) is 11.5 Å². The van der Waals surface area contributed by atoms with E-state index in [9.17, 15) is 9.59 Å². The molecule has 1 aromatic carbocycles. The van der Waals surface area contributed by atoms with Crippen molar-refractivity contribution in [1.82, 2.24) is 10.5 Å². The van der Waals surface area contributed by atoms with Crippen molar-refractivity contribution in [1.29, 1.82) is 0 Å². The smallest absolute Gasteiger partial charge is 0.316 e. The van der Waals surface area contributed by atoms with Gasteiger partial charge in [-0.3, -0.25) is 9.59 Å². The Morgan fingerprint density at radius 2 is 1.83 bits per heavy atom. The number of hydrogen-bond acceptors (Lipinski definition) is 8. The van der Waals surface area contributed by atoms with Crippen molar-refractivity contribution in [2.75, 3.05) is 32.1 Å². The SMILES string of the molecule is CCOc1ccc(OCCNC(=O)COC(=O)CSCc2c(C)noc2C)cc1. The third-order valence-electron chi connectivity index (χ3n) is 3.84. The average Bonchev–Trinajstić information content (AvgIpc) is 3.03. The second kappa shape index (κ2) is 12.0. The van der Waals surface area contributed by atoms with Crippen LogP contribution in [0.25, 0.3) is 0 Å². The molecule has 2 rings (SSSR count). The number of nitrogens with one attached hydrogen (secondary N) is 1. The van der Waals surface area contributed by atoms with E-state index < -0.39 is 5.97 Å². The van der Waals surface area contributed by atoms with E-state index in [1.54, 1.807) is 12.1 Å². The van der Waals surface area contributed by atoms with Crippen LogP contribution in [-0.2, 0) is 20.1 Å². The molecule has 0 spiro atoms. The highest BCUT2D eigenvalue weighted by molar-refractivity contribution is 7.99. The van der Waals surface area contributed by atoms with Crippen LogP contribution in [0.15, 0.2) is 28.8 Å². The summed E-state index contributed by atoms with van der Waals surface area (Å²) in [6, 6.07) is 7.24. The fourth-order valence-electron chi connectivity index (χ4n) is 2.34. The van der Waals surface area contributed by atoms with E-state index in [1.807, 2.05) is 32.9 Å². The summed E-state index contributed by atoms with van der Waals surface area (Å²) in [4.78, 5) is 23.5. The van der Waals surface area contributed by atoms with Gasteiger partial charge in [-0.05, 0) is 45.0 Å². The molecule has 0 fully saturated rings. The van der Waals surface area contributed by atoms with Gasteiger partial charge in [-0.2, -0.15) is 0 Å². The third-order valence-corrected chi connectivity index (χ3v) is 4.77. The number of hydrogen-bond donors (Lipinski definition) is 1. The van der Waals surface area contributed by atoms with E-state index in [4.69, 9.17) is 18.7 Å². The molecular weight excluding hydrogens is 396 g/mol. The summed E-state index contributed by atoms with van der Waals surface area (Å²) in [7, 11) is 0. The van der Waals surface area contributed by atoms with Gasteiger partial charge in [0.1, 0.15) is 23.9 Å². The molecular formula is C20H26N2O6S. The van der Waals surface area contributed by atoms with E-state index in [1.165, 1.54) is 11.8 Å². The van der Waals surface area contributed by atoms with Crippen molar-refractivity contribution >= 4 is 23.6 Å². The Morgan fingerprint density at radius 3 is 2.45 bits per heavy atom. The predicted molar refractivity (Wildman–Crippen MR) is 109 cm³/mol. The Bertz CT molecular complexity index is 771. The first-order valence-corrected chi connectivity index (χ1v) is 10.4. The number of thioether (sulfide) groups is 1. The molecule has 8 nitrogen and oxygen atoms in total. The van der Waals surface area contributed by atoms with E-state index in [0.29, 0.717) is 31.3 Å². The summed E-state index contributed by atoms with van der Waals surface area (Å²) in [5.41, 5.74) is 1.79. The first-order valence-electron chi connectivity index (χ1n) is 9.27. The fourth-order valence-corrected chi connectivity index (χ4v) is 3.31. The fraction of sp³-hybridized carbons (Fsp3) is 0.450. The molecule has 0 bridgehead atoms. The standard InChI is InChI=1S/C20H26N2O6S/c1-4-25-16-5-7-17(8-6-16)26-10-9-21-19(23)11-27-20(24)13-29-12-18-14(2)22-28-15(18)3/h5-8H,4,9-13H2,1-3H3,(H,21,23). The van der Waals surface area contributed by atoms with Crippen LogP contribution in [0, 0.1) is 13.8 Å². The van der Waals surface area contributed by atoms with Gasteiger partial charge in [0.05, 0.1) is 24.6 Å². The lowest BCUT2D eigenvalue weighted by Crippen LogP contribution is -2.32. The zero-order valence-electron chi connectivity index (χ0n) is 16.9. The molecule has 9 heteroatoms. The zero-order valence-corrected chi connectivity index (χ0v) is 17.7. The summed E-state index contributed by atoms with van der Waals surface area (Å²) in [5, 5.41) is 6.51. The maximum atomic E-state index is 11.7. The van der Waals surface area contributed by atoms with E-state index >= 15 is 0 Å². The molecule has 0 atom stereocenters. The van der Waals surface area contributed by atoms with Crippen LogP contribution in [-0.4, -0.2) is 49.2 Å². The molecule has 1 heterocycles. The lowest BCUT2D eigenvalue weighted by molar-refractivity contribution is -0.145. The van der Waals surface area contributed by atoms with Crippen LogP contribution in [0.5, 0.6) is 11.5 Å². The van der Waals surface area contributed by atoms with Crippen LogP contribution in [0.3, 0.4) is 0 Å². The van der Waals surface area contributed by atoms with Gasteiger partial charge in [-0.15, -0.1) is 11.8 Å². The van der Waals surface area contributed by atoms with Gasteiger partial charge in [0.15, 0.2) is 6.61 Å². The van der Waals surface area contributed by atoms with Gasteiger partial charge in [0.25, 0.3) is 5.91 Å². The van der Waals surface area contributed by atoms with Crippen LogP contribution in [0.2, 0.25) is 0 Å². The minimum absolute atomic E-state index is 0.151. The van der Waals surface area contributed by atoms with Gasteiger partial charge in [-0.1, -0.05) is 5.16 Å². The summed E-state index contributed by atoms with van der Waals surface area (Å²) >= 11 is 1.39. The van der Waals surface area contributed by atoms with Gasteiger partial charge >= 0.3 is 5.97 Å². The van der Waals surface area contributed by atoms with E-state index in [0.717, 1.165) is 22.8 Å². The number of benzene rings is 1. The molecule has 158 valence electrons. The molecule has 0 aliphatic heterocycles. The maximum absolute atomic E-state index is 11.7. The minimum atomic E-state index is -0.442. The largest absolute Gasteiger partial charge is 0.494 e. The van der Waals surface area contributed by atoms with Gasteiger partial charge in [0, 0.05) is 11.3 Å². The van der Waals surface area contributed by atoms with E-state index in [2.05, 4.69) is 10.5 Å². The number of carbonyl (C=O) groups is 2. The Labute approximate surface area is 174 Å². The molecule has 29 heavy (non-hydrogen) atoms. The normalized spacial score (nSPS) is 10.4. The number of esters is 1. The van der Waals surface area contributed by atoms with Crippen molar-refractivity contribution in [3.63, 3.8) is 0 Å². The lowest BCUT2D eigenvalue weighted by Gasteiger charge is -2.09. The van der Waals surface area contributed by atoms with Crippen LogP contribution in [0.4, 0.5) is 0 Å². The first kappa shape index (κ1) is 22.6. The summed E-state index contributed by atoms with van der Waals surface area (Å²) < 4.78 is 20.9. The van der Waals surface area contributed by atoms with Crippen molar-refractivity contribution in [2.45, 2.75) is 26.5 Å². The van der Waals surface area contributed by atoms with Crippen LogP contribution < -0.4 is 14.8 Å². The maximum Gasteiger partial charge on any atom is 0.316 e. The van der Waals surface area contributed by atoms with Crippen molar-refractivity contribution < 1.29 is 28.3 Å². The molecule has 0 unspecified atom stereocenters. The Kier molecular flexibility index (Phi) is 9.36. The van der Waals surface area contributed by atoms with E-state index in [-0.39, 0.29) is 18.3 Å². The first-order chi connectivity index (χ1) is 14.0. The van der Waals surface area contributed by atoms with Gasteiger partial charge in [-0.25, -0.2) is 0 Å². The topological polar surface area (TPSA) is 99.9 Å². The molecule has 0 radical (unpaired) electrons. The Balaban J connectivity index is 1.54. The average molecular weight is 423 g/mol. The monoisotopic (exact) mass is 422 g/mol. The number of aryl methyl sites for hydroxylation is 2. The van der Waals surface area contributed by atoms with Crippen molar-refractivity contribution in [2.24, 2.45) is 0 Å². The number of ether oxygens (including phenoxy) is 3. The number of carbonyl (C=O) groups excluding carboxylic acids is 2. The Morgan fingerprint density at radius 1 is 1.14 bits per heavy atom. The third kappa shape index (κ3) is 8.06. The van der Waals surface area contributed by atoms with Gasteiger partial charge in [0.2, 0.25) is 0 Å². The molecule has 0 aliphatic rings. The van der Waals surface area contributed by atoms with Gasteiger partial charge < -0.3 is 24.1 Å². The summed E-state index contributed by atoms with van der Waals surface area (Å²) in [6.07, 6.45) is 0. The molecule has 0 saturated carbocycles. The number of amides is 1. The second-order valence-corrected chi connectivity index (χ2v) is 7.04. The summed E-state index contributed by atoms with van der Waals surface area (Å²) in [6.45, 7) is 6.52. The predicted octanol–water partition coefficient (Wildman–Crippen LogP) is 2.66. The molecule has 0 aliphatic carbocycles. The highest BCUT2D eigenvalue weighted by Gasteiger charge is 2.11. The zero-order chi connectivity index (χ0) is 21.1. The quantitative estimate of drug-likeness (QED) is 0.412. The lowest BCUT2D eigenvalue weighted by atomic mass is 10.2. The number of rotatable bonds is 12. The van der Waals surface area contributed by atoms with Crippen molar-refractivity contribution in [3.05, 3.63) is 41.3 Å². The van der Waals surface area contributed by atoms with Crippen LogP contribution in [0.1, 0.15) is 23.9 Å². The number of nitrogens with zero attached hydrogens (tertiary/aromatic N) is 1. The molecule has 2 aromatic rings. The molecule has 1 N–H and O–H groups in total.